The first-order chi connectivity index (χ1) is 10.1. The Balaban J connectivity index is 1.58. The molecule has 0 radical (unpaired) electrons. The van der Waals surface area contributed by atoms with Crippen molar-refractivity contribution < 1.29 is 4.79 Å². The Kier molecular flexibility index (Phi) is 4.14. The Morgan fingerprint density at radius 1 is 1.38 bits per heavy atom. The number of fused-ring (bicyclic) bond motifs is 2. The van der Waals surface area contributed by atoms with Crippen LogP contribution in [0.2, 0.25) is 5.02 Å². The van der Waals surface area contributed by atoms with E-state index in [0.29, 0.717) is 40.7 Å². The van der Waals surface area contributed by atoms with Crippen LogP contribution in [-0.4, -0.2) is 18.0 Å². The quantitative estimate of drug-likeness (QED) is 0.902. The molecular weight excluding hydrogens is 286 g/mol. The van der Waals surface area contributed by atoms with Crippen molar-refractivity contribution >= 4 is 23.2 Å². The molecule has 0 aromatic heterocycles. The number of nitriles is 1. The zero-order valence-corrected chi connectivity index (χ0v) is 12.5. The molecule has 2 fully saturated rings. The molecule has 2 aliphatic rings. The SMILES string of the molecule is N#Cc1ccc(NC(=O)CC2CC3CCC(C2)N3)c(Cl)c1. The van der Waals surface area contributed by atoms with E-state index in [2.05, 4.69) is 10.6 Å². The molecule has 2 aliphatic heterocycles. The highest BCUT2D eigenvalue weighted by molar-refractivity contribution is 6.33. The summed E-state index contributed by atoms with van der Waals surface area (Å²) >= 11 is 6.08. The predicted molar refractivity (Wildman–Crippen MR) is 82.1 cm³/mol. The van der Waals surface area contributed by atoms with Crippen molar-refractivity contribution in [3.8, 4) is 6.07 Å². The van der Waals surface area contributed by atoms with Crippen molar-refractivity contribution in [3.63, 3.8) is 0 Å². The van der Waals surface area contributed by atoms with Gasteiger partial charge in [0.15, 0.2) is 0 Å². The molecule has 110 valence electrons. The maximum Gasteiger partial charge on any atom is 0.224 e. The van der Waals surface area contributed by atoms with Gasteiger partial charge >= 0.3 is 0 Å². The van der Waals surface area contributed by atoms with Crippen molar-refractivity contribution in [1.29, 1.82) is 5.26 Å². The third-order valence-electron chi connectivity index (χ3n) is 4.42. The molecule has 4 nitrogen and oxygen atoms in total. The van der Waals surface area contributed by atoms with Gasteiger partial charge in [-0.3, -0.25) is 4.79 Å². The molecule has 2 saturated heterocycles. The number of piperidine rings is 1. The lowest BCUT2D eigenvalue weighted by molar-refractivity contribution is -0.117. The molecule has 0 aliphatic carbocycles. The number of benzene rings is 1. The summed E-state index contributed by atoms with van der Waals surface area (Å²) in [5.41, 5.74) is 1.07. The summed E-state index contributed by atoms with van der Waals surface area (Å²) in [6.07, 6.45) is 5.20. The van der Waals surface area contributed by atoms with E-state index >= 15 is 0 Å². The smallest absolute Gasteiger partial charge is 0.224 e. The maximum absolute atomic E-state index is 12.2. The molecule has 2 atom stereocenters. The van der Waals surface area contributed by atoms with Crippen LogP contribution in [0.4, 0.5) is 5.69 Å². The molecule has 0 saturated carbocycles. The minimum atomic E-state index is 0.00732. The van der Waals surface area contributed by atoms with Gasteiger partial charge in [0.1, 0.15) is 0 Å². The molecule has 2 N–H and O–H groups in total. The minimum Gasteiger partial charge on any atom is -0.325 e. The second kappa shape index (κ2) is 6.05. The number of hydrogen-bond acceptors (Lipinski definition) is 3. The maximum atomic E-state index is 12.2. The minimum absolute atomic E-state index is 0.00732. The molecule has 1 amide bonds. The fourth-order valence-electron chi connectivity index (χ4n) is 3.49. The van der Waals surface area contributed by atoms with Gasteiger partial charge in [0.05, 0.1) is 22.3 Å². The number of nitrogens with one attached hydrogen (secondary N) is 2. The highest BCUT2D eigenvalue weighted by atomic mass is 35.5. The van der Waals surface area contributed by atoms with E-state index in [9.17, 15) is 4.79 Å². The summed E-state index contributed by atoms with van der Waals surface area (Å²) < 4.78 is 0. The third-order valence-corrected chi connectivity index (χ3v) is 4.73. The fourth-order valence-corrected chi connectivity index (χ4v) is 3.72. The normalized spacial score (nSPS) is 27.1. The van der Waals surface area contributed by atoms with E-state index in [-0.39, 0.29) is 5.91 Å². The predicted octanol–water partition coefficient (Wildman–Crippen LogP) is 3.07. The summed E-state index contributed by atoms with van der Waals surface area (Å²) in [5.74, 6) is 0.466. The largest absolute Gasteiger partial charge is 0.325 e. The average molecular weight is 304 g/mol. The van der Waals surface area contributed by atoms with Crippen LogP contribution in [0.3, 0.4) is 0 Å². The number of carbonyl (C=O) groups is 1. The Labute approximate surface area is 129 Å². The topological polar surface area (TPSA) is 64.9 Å². The van der Waals surface area contributed by atoms with Crippen molar-refractivity contribution in [2.24, 2.45) is 5.92 Å². The number of rotatable bonds is 3. The fraction of sp³-hybridized carbons (Fsp3) is 0.500. The molecular formula is C16H18ClN3O. The zero-order chi connectivity index (χ0) is 14.8. The first-order valence-electron chi connectivity index (χ1n) is 7.39. The van der Waals surface area contributed by atoms with Gasteiger partial charge in [0.25, 0.3) is 0 Å². The van der Waals surface area contributed by atoms with Gasteiger partial charge in [-0.1, -0.05) is 11.6 Å². The Hall–Kier alpha value is -1.57. The molecule has 3 rings (SSSR count). The Morgan fingerprint density at radius 2 is 2.10 bits per heavy atom. The van der Waals surface area contributed by atoms with Crippen LogP contribution in [0.15, 0.2) is 18.2 Å². The molecule has 1 aromatic rings. The van der Waals surface area contributed by atoms with Crippen LogP contribution in [0.1, 0.15) is 37.7 Å². The number of hydrogen-bond donors (Lipinski definition) is 2. The monoisotopic (exact) mass is 303 g/mol. The summed E-state index contributed by atoms with van der Waals surface area (Å²) in [7, 11) is 0. The van der Waals surface area contributed by atoms with Crippen molar-refractivity contribution in [3.05, 3.63) is 28.8 Å². The Bertz CT molecular complexity index is 584. The van der Waals surface area contributed by atoms with Crippen LogP contribution < -0.4 is 10.6 Å². The van der Waals surface area contributed by atoms with Crippen LogP contribution >= 0.6 is 11.6 Å². The second-order valence-corrected chi connectivity index (χ2v) is 6.44. The second-order valence-electron chi connectivity index (χ2n) is 6.03. The van der Waals surface area contributed by atoms with Crippen molar-refractivity contribution in [1.82, 2.24) is 5.32 Å². The van der Waals surface area contributed by atoms with Gasteiger partial charge in [-0.25, -0.2) is 0 Å². The van der Waals surface area contributed by atoms with E-state index in [1.807, 2.05) is 6.07 Å². The molecule has 5 heteroatoms. The highest BCUT2D eigenvalue weighted by Gasteiger charge is 2.34. The first-order valence-corrected chi connectivity index (χ1v) is 7.77. The Morgan fingerprint density at radius 3 is 2.71 bits per heavy atom. The number of halogens is 1. The van der Waals surface area contributed by atoms with E-state index < -0.39 is 0 Å². The standard InChI is InChI=1S/C16H18ClN3O/c17-14-7-10(9-18)1-4-15(14)20-16(21)8-11-5-12-2-3-13(6-11)19-12/h1,4,7,11-13,19H,2-3,5-6,8H2,(H,20,21). The van der Waals surface area contributed by atoms with E-state index in [0.717, 1.165) is 12.8 Å². The van der Waals surface area contributed by atoms with Crippen molar-refractivity contribution in [2.45, 2.75) is 44.2 Å². The third kappa shape index (κ3) is 3.37. The molecule has 1 aromatic carbocycles. The molecule has 2 heterocycles. The van der Waals surface area contributed by atoms with Crippen molar-refractivity contribution in [2.75, 3.05) is 5.32 Å². The lowest BCUT2D eigenvalue weighted by atomic mass is 9.89. The average Bonchev–Trinajstić information content (AvgIpc) is 2.80. The summed E-state index contributed by atoms with van der Waals surface area (Å²) in [6.45, 7) is 0. The summed E-state index contributed by atoms with van der Waals surface area (Å²) in [5, 5.41) is 15.7. The molecule has 2 bridgehead atoms. The highest BCUT2D eigenvalue weighted by Crippen LogP contribution is 2.33. The van der Waals surface area contributed by atoms with Gasteiger partial charge in [-0.2, -0.15) is 5.26 Å². The van der Waals surface area contributed by atoms with Gasteiger partial charge in [-0.15, -0.1) is 0 Å². The van der Waals surface area contributed by atoms with Gasteiger partial charge < -0.3 is 10.6 Å². The lowest BCUT2D eigenvalue weighted by Crippen LogP contribution is -2.39. The van der Waals surface area contributed by atoms with E-state index in [1.165, 1.54) is 12.8 Å². The summed E-state index contributed by atoms with van der Waals surface area (Å²) in [4.78, 5) is 12.2. The van der Waals surface area contributed by atoms with E-state index in [1.54, 1.807) is 18.2 Å². The van der Waals surface area contributed by atoms with Crippen LogP contribution in [-0.2, 0) is 4.79 Å². The van der Waals surface area contributed by atoms with Crippen LogP contribution in [0, 0.1) is 17.2 Å². The number of nitrogens with zero attached hydrogens (tertiary/aromatic N) is 1. The summed E-state index contributed by atoms with van der Waals surface area (Å²) in [6, 6.07) is 8.14. The molecule has 21 heavy (non-hydrogen) atoms. The van der Waals surface area contributed by atoms with Crippen LogP contribution in [0.25, 0.3) is 0 Å². The number of carbonyl (C=O) groups excluding carboxylic acids is 1. The zero-order valence-electron chi connectivity index (χ0n) is 11.7. The van der Waals surface area contributed by atoms with Gasteiger partial charge in [0.2, 0.25) is 5.91 Å². The van der Waals surface area contributed by atoms with E-state index in [4.69, 9.17) is 16.9 Å². The number of anilines is 1. The van der Waals surface area contributed by atoms with Gasteiger partial charge in [-0.05, 0) is 49.8 Å². The molecule has 2 unspecified atom stereocenters. The van der Waals surface area contributed by atoms with Gasteiger partial charge in [0, 0.05) is 18.5 Å². The number of amides is 1. The lowest BCUT2D eigenvalue weighted by Gasteiger charge is -2.28. The first kappa shape index (κ1) is 14.4. The molecule has 0 spiro atoms. The van der Waals surface area contributed by atoms with Crippen LogP contribution in [0.5, 0.6) is 0 Å².